The van der Waals surface area contributed by atoms with Gasteiger partial charge in [-0.05, 0) is 12.1 Å². The van der Waals surface area contributed by atoms with Crippen molar-refractivity contribution in [3.8, 4) is 6.07 Å². The Kier molecular flexibility index (Phi) is 3.61. The number of furan rings is 1. The Labute approximate surface area is 111 Å². The maximum absolute atomic E-state index is 13.5. The average Bonchev–Trinajstić information content (AvgIpc) is 2.85. The molecule has 0 saturated heterocycles. The Morgan fingerprint density at radius 1 is 1.35 bits per heavy atom. The number of halogens is 2. The van der Waals surface area contributed by atoms with Gasteiger partial charge in [0, 0.05) is 12.1 Å². The first-order chi connectivity index (χ1) is 9.51. The van der Waals surface area contributed by atoms with Crippen LogP contribution in [0.15, 0.2) is 28.7 Å². The van der Waals surface area contributed by atoms with Crippen LogP contribution in [0.3, 0.4) is 0 Å². The zero-order valence-corrected chi connectivity index (χ0v) is 9.89. The SMILES string of the molecule is N#Cc1ccc(CNc2cc([N+](=O)[O-])c(F)cc2F)o1. The molecule has 102 valence electrons. The third-order valence-corrected chi connectivity index (χ3v) is 2.46. The molecule has 1 aromatic carbocycles. The molecule has 20 heavy (non-hydrogen) atoms. The summed E-state index contributed by atoms with van der Waals surface area (Å²) in [7, 11) is 0. The van der Waals surface area contributed by atoms with Gasteiger partial charge in [0.1, 0.15) is 17.6 Å². The molecule has 2 rings (SSSR count). The topological polar surface area (TPSA) is 92.1 Å². The number of nitro benzene ring substituents is 1. The first-order valence-electron chi connectivity index (χ1n) is 5.37. The van der Waals surface area contributed by atoms with Crippen molar-refractivity contribution in [2.24, 2.45) is 0 Å². The largest absolute Gasteiger partial charge is 0.449 e. The van der Waals surface area contributed by atoms with Crippen LogP contribution in [0, 0.1) is 33.1 Å². The van der Waals surface area contributed by atoms with Crippen LogP contribution in [-0.2, 0) is 6.54 Å². The van der Waals surface area contributed by atoms with Crippen LogP contribution in [0.5, 0.6) is 0 Å². The van der Waals surface area contributed by atoms with E-state index in [4.69, 9.17) is 9.68 Å². The zero-order chi connectivity index (χ0) is 14.7. The summed E-state index contributed by atoms with van der Waals surface area (Å²) in [6.45, 7) is 0.00138. The van der Waals surface area contributed by atoms with E-state index in [9.17, 15) is 18.9 Å². The summed E-state index contributed by atoms with van der Waals surface area (Å²) in [6, 6.07) is 5.91. The highest BCUT2D eigenvalue weighted by molar-refractivity contribution is 5.53. The minimum Gasteiger partial charge on any atom is -0.449 e. The number of nitro groups is 1. The van der Waals surface area contributed by atoms with Crippen molar-refractivity contribution in [2.45, 2.75) is 6.54 Å². The van der Waals surface area contributed by atoms with E-state index in [1.54, 1.807) is 6.07 Å². The van der Waals surface area contributed by atoms with Crippen molar-refractivity contribution in [1.82, 2.24) is 0 Å². The second-order valence-electron chi connectivity index (χ2n) is 3.77. The van der Waals surface area contributed by atoms with Crippen molar-refractivity contribution in [1.29, 1.82) is 5.26 Å². The lowest BCUT2D eigenvalue weighted by atomic mass is 10.2. The highest BCUT2D eigenvalue weighted by atomic mass is 19.1. The van der Waals surface area contributed by atoms with E-state index in [0.29, 0.717) is 11.8 Å². The second kappa shape index (κ2) is 5.36. The van der Waals surface area contributed by atoms with Crippen molar-refractivity contribution < 1.29 is 18.1 Å². The smallest absolute Gasteiger partial charge is 0.307 e. The van der Waals surface area contributed by atoms with Crippen LogP contribution in [0.25, 0.3) is 0 Å². The van der Waals surface area contributed by atoms with Gasteiger partial charge in [-0.15, -0.1) is 0 Å². The number of nitrogens with one attached hydrogen (secondary N) is 1. The van der Waals surface area contributed by atoms with Gasteiger partial charge in [-0.2, -0.15) is 9.65 Å². The van der Waals surface area contributed by atoms with Gasteiger partial charge in [0.05, 0.1) is 17.2 Å². The van der Waals surface area contributed by atoms with Gasteiger partial charge in [0.25, 0.3) is 0 Å². The number of hydrogen-bond donors (Lipinski definition) is 1. The molecule has 0 unspecified atom stereocenters. The van der Waals surface area contributed by atoms with Gasteiger partial charge in [-0.3, -0.25) is 10.1 Å². The van der Waals surface area contributed by atoms with Crippen LogP contribution in [0.4, 0.5) is 20.2 Å². The van der Waals surface area contributed by atoms with E-state index < -0.39 is 22.2 Å². The average molecular weight is 279 g/mol. The van der Waals surface area contributed by atoms with E-state index in [2.05, 4.69) is 5.32 Å². The van der Waals surface area contributed by atoms with Crippen LogP contribution < -0.4 is 5.32 Å². The molecule has 0 saturated carbocycles. The van der Waals surface area contributed by atoms with Crippen molar-refractivity contribution in [3.05, 3.63) is 57.5 Å². The minimum atomic E-state index is -1.25. The molecular formula is C12H7F2N3O3. The molecule has 6 nitrogen and oxygen atoms in total. The molecule has 0 radical (unpaired) electrons. The molecule has 1 aromatic heterocycles. The molecule has 1 N–H and O–H groups in total. The number of rotatable bonds is 4. The third-order valence-electron chi connectivity index (χ3n) is 2.46. The first kappa shape index (κ1) is 13.5. The fourth-order valence-corrected chi connectivity index (χ4v) is 1.53. The number of nitriles is 1. The quantitative estimate of drug-likeness (QED) is 0.686. The summed E-state index contributed by atoms with van der Waals surface area (Å²) in [6.07, 6.45) is 0. The molecule has 0 amide bonds. The predicted octanol–water partition coefficient (Wildman–Crippen LogP) is 2.95. The van der Waals surface area contributed by atoms with Gasteiger partial charge < -0.3 is 9.73 Å². The van der Waals surface area contributed by atoms with Gasteiger partial charge in [-0.1, -0.05) is 0 Å². The van der Waals surface area contributed by atoms with E-state index in [-0.39, 0.29) is 18.0 Å². The van der Waals surface area contributed by atoms with Crippen LogP contribution >= 0.6 is 0 Å². The lowest BCUT2D eigenvalue weighted by molar-refractivity contribution is -0.387. The fraction of sp³-hybridized carbons (Fsp3) is 0.0833. The van der Waals surface area contributed by atoms with Gasteiger partial charge in [0.2, 0.25) is 11.6 Å². The molecule has 0 fully saturated rings. The normalized spacial score (nSPS) is 10.1. The summed E-state index contributed by atoms with van der Waals surface area (Å²) in [5.74, 6) is -1.77. The molecule has 0 aliphatic rings. The molecule has 1 heterocycles. The number of anilines is 1. The Bertz CT molecular complexity index is 706. The maximum Gasteiger partial charge on any atom is 0.307 e. The molecule has 0 bridgehead atoms. The molecule has 2 aromatic rings. The molecule has 0 spiro atoms. The van der Waals surface area contributed by atoms with Gasteiger partial charge in [-0.25, -0.2) is 4.39 Å². The van der Waals surface area contributed by atoms with Crippen molar-refractivity contribution in [2.75, 3.05) is 5.32 Å². The lowest BCUT2D eigenvalue weighted by Gasteiger charge is -2.06. The highest BCUT2D eigenvalue weighted by Crippen LogP contribution is 2.25. The number of benzene rings is 1. The molecule has 0 aliphatic carbocycles. The Morgan fingerprint density at radius 2 is 2.10 bits per heavy atom. The molecular weight excluding hydrogens is 272 g/mol. The van der Waals surface area contributed by atoms with Crippen LogP contribution in [-0.4, -0.2) is 4.92 Å². The predicted molar refractivity (Wildman–Crippen MR) is 63.8 cm³/mol. The number of nitrogens with zero attached hydrogens (tertiary/aromatic N) is 2. The fourth-order valence-electron chi connectivity index (χ4n) is 1.53. The van der Waals surface area contributed by atoms with E-state index in [1.807, 2.05) is 0 Å². The summed E-state index contributed by atoms with van der Waals surface area (Å²) in [4.78, 5) is 9.62. The highest BCUT2D eigenvalue weighted by Gasteiger charge is 2.18. The summed E-state index contributed by atoms with van der Waals surface area (Å²) >= 11 is 0. The summed E-state index contributed by atoms with van der Waals surface area (Å²) in [5, 5.41) is 21.7. The third kappa shape index (κ3) is 2.72. The van der Waals surface area contributed by atoms with Crippen molar-refractivity contribution >= 4 is 11.4 Å². The first-order valence-corrected chi connectivity index (χ1v) is 5.37. The summed E-state index contributed by atoms with van der Waals surface area (Å²) in [5.41, 5.74) is -1.06. The van der Waals surface area contributed by atoms with Crippen LogP contribution in [0.2, 0.25) is 0 Å². The molecule has 0 atom stereocenters. The summed E-state index contributed by atoms with van der Waals surface area (Å²) < 4.78 is 31.6. The number of hydrogen-bond acceptors (Lipinski definition) is 5. The molecule has 8 heteroatoms. The van der Waals surface area contributed by atoms with Gasteiger partial charge >= 0.3 is 5.69 Å². The lowest BCUT2D eigenvalue weighted by Crippen LogP contribution is -2.03. The second-order valence-corrected chi connectivity index (χ2v) is 3.77. The molecule has 0 aliphatic heterocycles. The van der Waals surface area contributed by atoms with E-state index in [1.165, 1.54) is 12.1 Å². The Morgan fingerprint density at radius 3 is 2.70 bits per heavy atom. The monoisotopic (exact) mass is 279 g/mol. The minimum absolute atomic E-state index is 0.00138. The Hall–Kier alpha value is -2.95. The van der Waals surface area contributed by atoms with E-state index >= 15 is 0 Å². The van der Waals surface area contributed by atoms with Crippen molar-refractivity contribution in [3.63, 3.8) is 0 Å². The van der Waals surface area contributed by atoms with E-state index in [0.717, 1.165) is 6.07 Å². The standard InChI is InChI=1S/C12H7F2N3O3/c13-9-3-10(14)12(17(18)19)4-11(9)16-6-8-2-1-7(5-15)20-8/h1-4,16H,6H2. The van der Waals surface area contributed by atoms with Gasteiger partial charge in [0.15, 0.2) is 0 Å². The van der Waals surface area contributed by atoms with Crippen LogP contribution in [0.1, 0.15) is 11.5 Å². The maximum atomic E-state index is 13.5. The Balaban J connectivity index is 2.19. The zero-order valence-electron chi connectivity index (χ0n) is 9.89.